The average molecular weight is 397 g/mol. The zero-order valence-electron chi connectivity index (χ0n) is 9.77. The van der Waals surface area contributed by atoms with Crippen LogP contribution in [0.5, 0.6) is 0 Å². The van der Waals surface area contributed by atoms with Crippen LogP contribution in [0.25, 0.3) is 0 Å². The number of sulfonamides is 1. The second-order valence-corrected chi connectivity index (χ2v) is 7.12. The molecule has 106 valence electrons. The summed E-state index contributed by atoms with van der Waals surface area (Å²) in [6, 6.07) is 5.68. The van der Waals surface area contributed by atoms with Crippen molar-refractivity contribution in [2.45, 2.75) is 4.90 Å². The maximum atomic E-state index is 12.3. The van der Waals surface area contributed by atoms with Gasteiger partial charge in [0.1, 0.15) is 4.90 Å². The molecule has 1 heterocycles. The predicted molar refractivity (Wildman–Crippen MR) is 83.6 cm³/mol. The Balaban J connectivity index is 2.46. The molecule has 0 aliphatic rings. The molecule has 2 aromatic rings. The Kier molecular flexibility index (Phi) is 4.43. The van der Waals surface area contributed by atoms with Gasteiger partial charge in [-0.2, -0.15) is 0 Å². The van der Waals surface area contributed by atoms with Gasteiger partial charge in [-0.15, -0.1) is 0 Å². The highest BCUT2D eigenvalue weighted by molar-refractivity contribution is 9.10. The van der Waals surface area contributed by atoms with E-state index in [9.17, 15) is 8.42 Å². The van der Waals surface area contributed by atoms with Crippen LogP contribution in [0, 0.1) is 0 Å². The molecule has 3 N–H and O–H groups in total. The number of pyridine rings is 1. The van der Waals surface area contributed by atoms with E-state index in [0.717, 1.165) is 0 Å². The largest absolute Gasteiger partial charge is 0.399 e. The van der Waals surface area contributed by atoms with Crippen LogP contribution in [0.2, 0.25) is 10.2 Å². The lowest BCUT2D eigenvalue weighted by Crippen LogP contribution is -2.14. The zero-order chi connectivity index (χ0) is 14.9. The molecular weight excluding hydrogens is 389 g/mol. The van der Waals surface area contributed by atoms with Gasteiger partial charge in [-0.05, 0) is 40.2 Å². The molecule has 5 nitrogen and oxygen atoms in total. The summed E-state index contributed by atoms with van der Waals surface area (Å²) in [4.78, 5) is 3.70. The summed E-state index contributed by atoms with van der Waals surface area (Å²) in [6.07, 6.45) is 1.45. The third kappa shape index (κ3) is 3.35. The van der Waals surface area contributed by atoms with Crippen LogP contribution in [0.1, 0.15) is 0 Å². The molecule has 0 radical (unpaired) electrons. The third-order valence-corrected chi connectivity index (χ3v) is 4.88. The van der Waals surface area contributed by atoms with Gasteiger partial charge in [0.05, 0.1) is 10.7 Å². The smallest absolute Gasteiger partial charge is 0.263 e. The number of hydrogen-bond acceptors (Lipinski definition) is 4. The number of halogens is 3. The van der Waals surface area contributed by atoms with Gasteiger partial charge in [0.15, 0.2) is 5.15 Å². The lowest BCUT2D eigenvalue weighted by molar-refractivity contribution is 0.601. The lowest BCUT2D eigenvalue weighted by Gasteiger charge is -2.11. The minimum atomic E-state index is -3.91. The van der Waals surface area contributed by atoms with Crippen molar-refractivity contribution in [1.82, 2.24) is 4.98 Å². The summed E-state index contributed by atoms with van der Waals surface area (Å²) < 4.78 is 27.5. The first-order chi connectivity index (χ1) is 9.29. The van der Waals surface area contributed by atoms with E-state index in [1.165, 1.54) is 30.5 Å². The van der Waals surface area contributed by atoms with E-state index < -0.39 is 10.0 Å². The number of nitrogens with one attached hydrogen (secondary N) is 1. The minimum Gasteiger partial charge on any atom is -0.399 e. The van der Waals surface area contributed by atoms with Crippen molar-refractivity contribution < 1.29 is 8.42 Å². The number of benzene rings is 1. The monoisotopic (exact) mass is 395 g/mol. The van der Waals surface area contributed by atoms with Crippen LogP contribution in [0.4, 0.5) is 11.4 Å². The van der Waals surface area contributed by atoms with Gasteiger partial charge in [0, 0.05) is 16.4 Å². The zero-order valence-corrected chi connectivity index (χ0v) is 13.7. The number of hydrogen-bond donors (Lipinski definition) is 2. The number of anilines is 2. The minimum absolute atomic E-state index is 0.0248. The van der Waals surface area contributed by atoms with Crippen molar-refractivity contribution in [3.8, 4) is 0 Å². The molecule has 0 fully saturated rings. The van der Waals surface area contributed by atoms with E-state index in [1.54, 1.807) is 0 Å². The van der Waals surface area contributed by atoms with Gasteiger partial charge >= 0.3 is 0 Å². The van der Waals surface area contributed by atoms with Crippen LogP contribution in [-0.4, -0.2) is 13.4 Å². The van der Waals surface area contributed by atoms with Gasteiger partial charge in [-0.1, -0.05) is 23.2 Å². The SMILES string of the molecule is Nc1ccc(Cl)c(S(=O)(=O)Nc2cc(Br)cnc2Cl)c1. The highest BCUT2D eigenvalue weighted by Crippen LogP contribution is 2.29. The van der Waals surface area contributed by atoms with Crippen LogP contribution >= 0.6 is 39.1 Å². The molecule has 1 aromatic heterocycles. The molecule has 9 heteroatoms. The highest BCUT2D eigenvalue weighted by atomic mass is 79.9. The van der Waals surface area contributed by atoms with Crippen molar-refractivity contribution in [3.05, 3.63) is 45.1 Å². The number of rotatable bonds is 3. The van der Waals surface area contributed by atoms with E-state index in [0.29, 0.717) is 4.47 Å². The van der Waals surface area contributed by atoms with Gasteiger partial charge in [0.25, 0.3) is 10.0 Å². The molecule has 0 saturated carbocycles. The molecule has 0 spiro atoms. The van der Waals surface area contributed by atoms with E-state index in [1.807, 2.05) is 0 Å². The summed E-state index contributed by atoms with van der Waals surface area (Å²) in [7, 11) is -3.91. The van der Waals surface area contributed by atoms with Gasteiger partial charge < -0.3 is 5.73 Å². The van der Waals surface area contributed by atoms with Crippen molar-refractivity contribution in [2.75, 3.05) is 10.5 Å². The predicted octanol–water partition coefficient (Wildman–Crippen LogP) is 3.53. The molecular formula is C11H8BrCl2N3O2S. The first-order valence-electron chi connectivity index (χ1n) is 5.18. The van der Waals surface area contributed by atoms with E-state index >= 15 is 0 Å². The van der Waals surface area contributed by atoms with Crippen LogP contribution in [-0.2, 0) is 10.0 Å². The van der Waals surface area contributed by atoms with Crippen LogP contribution < -0.4 is 10.5 Å². The van der Waals surface area contributed by atoms with Crippen molar-refractivity contribution >= 4 is 60.5 Å². The molecule has 0 aliphatic heterocycles. The summed E-state index contributed by atoms with van der Waals surface area (Å²) in [5.74, 6) is 0. The van der Waals surface area contributed by atoms with Gasteiger partial charge in [0.2, 0.25) is 0 Å². The summed E-state index contributed by atoms with van der Waals surface area (Å²) >= 11 is 14.9. The van der Waals surface area contributed by atoms with Crippen molar-refractivity contribution in [2.24, 2.45) is 0 Å². The van der Waals surface area contributed by atoms with Crippen molar-refractivity contribution in [3.63, 3.8) is 0 Å². The quantitative estimate of drug-likeness (QED) is 0.613. The normalized spacial score (nSPS) is 11.3. The third-order valence-electron chi connectivity index (χ3n) is 2.29. The second-order valence-electron chi connectivity index (χ2n) is 3.79. The molecule has 0 aliphatic carbocycles. The van der Waals surface area contributed by atoms with E-state index in [2.05, 4.69) is 25.6 Å². The Labute approximate surface area is 134 Å². The fraction of sp³-hybridized carbons (Fsp3) is 0. The number of nitrogens with zero attached hydrogens (tertiary/aromatic N) is 1. The summed E-state index contributed by atoms with van der Waals surface area (Å²) in [6.45, 7) is 0. The molecule has 2 rings (SSSR count). The van der Waals surface area contributed by atoms with Gasteiger partial charge in [-0.3, -0.25) is 4.72 Å². The number of nitrogen functional groups attached to an aromatic ring is 1. The Morgan fingerprint density at radius 3 is 2.65 bits per heavy atom. The molecule has 20 heavy (non-hydrogen) atoms. The summed E-state index contributed by atoms with van der Waals surface area (Å²) in [5.41, 5.74) is 6.00. The standard InChI is InChI=1S/C11H8BrCl2N3O2S/c12-6-3-9(11(14)16-5-6)17-20(18,19)10-4-7(15)1-2-8(10)13/h1-5,17H,15H2. The Bertz CT molecular complexity index is 768. The lowest BCUT2D eigenvalue weighted by atomic mass is 10.3. The average Bonchev–Trinajstić information content (AvgIpc) is 2.36. The molecule has 0 atom stereocenters. The molecule has 0 saturated heterocycles. The number of aromatic nitrogens is 1. The highest BCUT2D eigenvalue weighted by Gasteiger charge is 2.20. The van der Waals surface area contributed by atoms with Crippen LogP contribution in [0.15, 0.2) is 39.8 Å². The first-order valence-corrected chi connectivity index (χ1v) is 8.22. The fourth-order valence-electron chi connectivity index (χ4n) is 1.42. The number of nitrogens with two attached hydrogens (primary N) is 1. The molecule has 0 unspecified atom stereocenters. The van der Waals surface area contributed by atoms with E-state index in [-0.39, 0.29) is 26.4 Å². The topological polar surface area (TPSA) is 85.1 Å². The first kappa shape index (κ1) is 15.4. The Hall–Kier alpha value is -1.02. The van der Waals surface area contributed by atoms with Crippen molar-refractivity contribution in [1.29, 1.82) is 0 Å². The maximum Gasteiger partial charge on any atom is 0.263 e. The molecule has 1 aromatic carbocycles. The van der Waals surface area contributed by atoms with Crippen LogP contribution in [0.3, 0.4) is 0 Å². The fourth-order valence-corrected chi connectivity index (χ4v) is 3.55. The Morgan fingerprint density at radius 2 is 1.95 bits per heavy atom. The molecule has 0 bridgehead atoms. The Morgan fingerprint density at radius 1 is 1.25 bits per heavy atom. The van der Waals surface area contributed by atoms with E-state index in [4.69, 9.17) is 28.9 Å². The second kappa shape index (κ2) is 5.77. The molecule has 0 amide bonds. The summed E-state index contributed by atoms with van der Waals surface area (Å²) in [5, 5.41) is 0.0857. The van der Waals surface area contributed by atoms with Gasteiger partial charge in [-0.25, -0.2) is 13.4 Å². The maximum absolute atomic E-state index is 12.3.